The van der Waals surface area contributed by atoms with Crippen LogP contribution in [-0.4, -0.2) is 20.6 Å². The Morgan fingerprint density at radius 2 is 2.00 bits per heavy atom. The lowest BCUT2D eigenvalue weighted by Gasteiger charge is -1.99. The predicted octanol–water partition coefficient (Wildman–Crippen LogP) is -0.293. The molecule has 1 nitrogen and oxygen atoms in total. The van der Waals surface area contributed by atoms with Crippen LogP contribution in [0.15, 0.2) is 12.2 Å². The van der Waals surface area contributed by atoms with E-state index in [9.17, 15) is 0 Å². The van der Waals surface area contributed by atoms with E-state index in [4.69, 9.17) is 0 Å². The zero-order valence-corrected chi connectivity index (χ0v) is 5.36. The Balaban J connectivity index is 2.97. The topological polar surface area (TPSA) is 4.44 Å². The summed E-state index contributed by atoms with van der Waals surface area (Å²) in [6, 6.07) is 0. The van der Waals surface area contributed by atoms with Gasteiger partial charge >= 0.3 is 0 Å². The summed E-state index contributed by atoms with van der Waals surface area (Å²) in [5.74, 6) is 0. The third-order valence-corrected chi connectivity index (χ3v) is 0.762. The van der Waals surface area contributed by atoms with E-state index in [1.54, 1.807) is 0 Å². The van der Waals surface area contributed by atoms with Crippen molar-refractivity contribution in [2.75, 3.05) is 20.6 Å². The molecular formula is C6H14N+. The minimum Gasteiger partial charge on any atom is -0.337 e. The summed E-state index contributed by atoms with van der Waals surface area (Å²) < 4.78 is 0. The quantitative estimate of drug-likeness (QED) is 0.455. The van der Waals surface area contributed by atoms with Gasteiger partial charge in [0, 0.05) is 0 Å². The third-order valence-electron chi connectivity index (χ3n) is 0.762. The molecule has 0 bridgehead atoms. The van der Waals surface area contributed by atoms with Crippen molar-refractivity contribution in [3.05, 3.63) is 12.2 Å². The standard InChI is InChI=1S/C6H13N/c1-4-5-6-7(2)3/h4-5H,6H2,1-3H3/p+1. The fraction of sp³-hybridized carbons (Fsp3) is 0.667. The Kier molecular flexibility index (Phi) is 3.71. The van der Waals surface area contributed by atoms with Gasteiger partial charge in [0.05, 0.1) is 20.6 Å². The molecule has 7 heavy (non-hydrogen) atoms. The Labute approximate surface area is 45.6 Å². The average molecular weight is 100 g/mol. The van der Waals surface area contributed by atoms with E-state index < -0.39 is 0 Å². The van der Waals surface area contributed by atoms with E-state index in [2.05, 4.69) is 26.2 Å². The SMILES string of the molecule is CC=CC[NH+](C)C. The molecule has 0 aliphatic heterocycles. The molecule has 1 heteroatoms. The summed E-state index contributed by atoms with van der Waals surface area (Å²) in [6.45, 7) is 3.18. The van der Waals surface area contributed by atoms with Gasteiger partial charge in [-0.1, -0.05) is 6.08 Å². The highest BCUT2D eigenvalue weighted by atomic mass is 15.0. The van der Waals surface area contributed by atoms with Crippen molar-refractivity contribution in [3.63, 3.8) is 0 Å². The van der Waals surface area contributed by atoms with E-state index in [-0.39, 0.29) is 0 Å². The molecule has 42 valence electrons. The maximum atomic E-state index is 2.16. The highest BCUT2D eigenvalue weighted by molar-refractivity contribution is 4.74. The lowest BCUT2D eigenvalue weighted by molar-refractivity contribution is -0.851. The third kappa shape index (κ3) is 5.70. The van der Waals surface area contributed by atoms with Gasteiger partial charge < -0.3 is 4.90 Å². The van der Waals surface area contributed by atoms with Gasteiger partial charge in [0.15, 0.2) is 0 Å². The first-order valence-corrected chi connectivity index (χ1v) is 2.67. The minimum atomic E-state index is 1.14. The summed E-state index contributed by atoms with van der Waals surface area (Å²) >= 11 is 0. The maximum Gasteiger partial charge on any atom is 0.0953 e. The molecule has 0 aromatic carbocycles. The van der Waals surface area contributed by atoms with Gasteiger partial charge in [-0.25, -0.2) is 0 Å². The highest BCUT2D eigenvalue weighted by Gasteiger charge is 1.80. The van der Waals surface area contributed by atoms with Crippen molar-refractivity contribution in [2.24, 2.45) is 0 Å². The predicted molar refractivity (Wildman–Crippen MR) is 32.5 cm³/mol. The largest absolute Gasteiger partial charge is 0.337 e. The zero-order chi connectivity index (χ0) is 5.70. The van der Waals surface area contributed by atoms with Crippen LogP contribution in [0.2, 0.25) is 0 Å². The number of likely N-dealkylation sites (N-methyl/N-ethyl adjacent to an activating group) is 1. The van der Waals surface area contributed by atoms with Crippen LogP contribution in [0.3, 0.4) is 0 Å². The summed E-state index contributed by atoms with van der Waals surface area (Å²) in [4.78, 5) is 1.47. The molecule has 0 amide bonds. The van der Waals surface area contributed by atoms with Crippen LogP contribution in [0.1, 0.15) is 6.92 Å². The molecule has 0 aliphatic carbocycles. The van der Waals surface area contributed by atoms with E-state index in [0.29, 0.717) is 0 Å². The highest BCUT2D eigenvalue weighted by Crippen LogP contribution is 1.58. The summed E-state index contributed by atoms with van der Waals surface area (Å²) in [7, 11) is 4.28. The number of rotatable bonds is 2. The number of allylic oxidation sites excluding steroid dienone is 1. The number of hydrogen-bond donors (Lipinski definition) is 1. The number of hydrogen-bond acceptors (Lipinski definition) is 0. The van der Waals surface area contributed by atoms with Gasteiger partial charge in [-0.3, -0.25) is 0 Å². The Bertz CT molecular complexity index is 55.2. The summed E-state index contributed by atoms with van der Waals surface area (Å²) in [5, 5.41) is 0. The van der Waals surface area contributed by atoms with Crippen molar-refractivity contribution >= 4 is 0 Å². The normalized spacial score (nSPS) is 11.4. The Morgan fingerprint density at radius 1 is 1.43 bits per heavy atom. The van der Waals surface area contributed by atoms with E-state index in [1.165, 1.54) is 4.90 Å². The Hall–Kier alpha value is -0.300. The fourth-order valence-corrected chi connectivity index (χ4v) is 0.354. The van der Waals surface area contributed by atoms with Crippen LogP contribution in [0, 0.1) is 0 Å². The van der Waals surface area contributed by atoms with E-state index in [0.717, 1.165) is 6.54 Å². The molecule has 0 aliphatic rings. The molecule has 0 saturated heterocycles. The van der Waals surface area contributed by atoms with E-state index >= 15 is 0 Å². The molecule has 0 aromatic heterocycles. The molecular weight excluding hydrogens is 86.1 g/mol. The first-order chi connectivity index (χ1) is 3.27. The monoisotopic (exact) mass is 100 g/mol. The van der Waals surface area contributed by atoms with Gasteiger partial charge in [0.25, 0.3) is 0 Å². The lowest BCUT2D eigenvalue weighted by Crippen LogP contribution is -3.05. The van der Waals surface area contributed by atoms with Crippen molar-refractivity contribution in [3.8, 4) is 0 Å². The zero-order valence-electron chi connectivity index (χ0n) is 5.36. The first-order valence-electron chi connectivity index (χ1n) is 2.67. The molecule has 0 unspecified atom stereocenters. The molecule has 0 saturated carbocycles. The average Bonchev–Trinajstić information content (AvgIpc) is 1.61. The van der Waals surface area contributed by atoms with Crippen LogP contribution >= 0.6 is 0 Å². The van der Waals surface area contributed by atoms with Crippen LogP contribution in [0.5, 0.6) is 0 Å². The van der Waals surface area contributed by atoms with Gasteiger partial charge in [0.1, 0.15) is 0 Å². The van der Waals surface area contributed by atoms with Gasteiger partial charge in [-0.05, 0) is 13.0 Å². The van der Waals surface area contributed by atoms with Gasteiger partial charge in [0.2, 0.25) is 0 Å². The molecule has 0 aromatic rings. The molecule has 0 fully saturated rings. The van der Waals surface area contributed by atoms with Crippen LogP contribution in [0.4, 0.5) is 0 Å². The molecule has 0 atom stereocenters. The second-order valence-electron chi connectivity index (χ2n) is 1.98. The second kappa shape index (κ2) is 3.88. The van der Waals surface area contributed by atoms with Crippen LogP contribution in [-0.2, 0) is 0 Å². The summed E-state index contributed by atoms with van der Waals surface area (Å²) in [6.07, 6.45) is 4.24. The first kappa shape index (κ1) is 6.70. The molecule has 0 spiro atoms. The van der Waals surface area contributed by atoms with E-state index in [1.807, 2.05) is 6.92 Å². The summed E-state index contributed by atoms with van der Waals surface area (Å²) in [5.41, 5.74) is 0. The number of nitrogens with one attached hydrogen (secondary N) is 1. The van der Waals surface area contributed by atoms with Crippen LogP contribution < -0.4 is 4.90 Å². The molecule has 0 heterocycles. The van der Waals surface area contributed by atoms with Crippen molar-refractivity contribution in [2.45, 2.75) is 6.92 Å². The van der Waals surface area contributed by atoms with Crippen LogP contribution in [0.25, 0.3) is 0 Å². The second-order valence-corrected chi connectivity index (χ2v) is 1.98. The molecule has 0 rings (SSSR count). The van der Waals surface area contributed by atoms with Gasteiger partial charge in [-0.2, -0.15) is 0 Å². The maximum absolute atomic E-state index is 2.16. The molecule has 1 N–H and O–H groups in total. The number of quaternary nitrogens is 1. The minimum absolute atomic E-state index is 1.14. The Morgan fingerprint density at radius 3 is 2.14 bits per heavy atom. The van der Waals surface area contributed by atoms with Crippen molar-refractivity contribution in [1.82, 2.24) is 0 Å². The van der Waals surface area contributed by atoms with Crippen molar-refractivity contribution in [1.29, 1.82) is 0 Å². The van der Waals surface area contributed by atoms with Crippen molar-refractivity contribution < 1.29 is 4.90 Å². The van der Waals surface area contributed by atoms with Gasteiger partial charge in [-0.15, -0.1) is 0 Å². The fourth-order valence-electron chi connectivity index (χ4n) is 0.354. The smallest absolute Gasteiger partial charge is 0.0953 e. The lowest BCUT2D eigenvalue weighted by atomic mass is 10.5. The molecule has 0 radical (unpaired) electrons.